The minimum atomic E-state index is -4.40. The van der Waals surface area contributed by atoms with Crippen LogP contribution < -0.4 is 5.32 Å². The molecule has 1 heterocycles. The van der Waals surface area contributed by atoms with Crippen LogP contribution in [0.25, 0.3) is 0 Å². The molecule has 0 aliphatic rings. The molecule has 0 aliphatic carbocycles. The van der Waals surface area contributed by atoms with Crippen molar-refractivity contribution < 1.29 is 18.3 Å². The third-order valence-electron chi connectivity index (χ3n) is 2.37. The Labute approximate surface area is 108 Å². The first-order chi connectivity index (χ1) is 8.24. The topological polar surface area (TPSA) is 45.1 Å². The highest BCUT2D eigenvalue weighted by Gasteiger charge is 2.31. The van der Waals surface area contributed by atoms with Gasteiger partial charge in [0, 0.05) is 12.3 Å². The zero-order valence-corrected chi connectivity index (χ0v) is 11.1. The Morgan fingerprint density at radius 2 is 1.94 bits per heavy atom. The summed E-state index contributed by atoms with van der Waals surface area (Å²) in [5.41, 5.74) is -0.748. The summed E-state index contributed by atoms with van der Waals surface area (Å²) in [5.74, 6) is 0.158. The fourth-order valence-electron chi connectivity index (χ4n) is 1.15. The van der Waals surface area contributed by atoms with Gasteiger partial charge in [0.15, 0.2) is 0 Å². The Balaban J connectivity index is 3.05. The van der Waals surface area contributed by atoms with E-state index in [1.54, 1.807) is 13.8 Å². The van der Waals surface area contributed by atoms with Crippen molar-refractivity contribution in [2.24, 2.45) is 0 Å². The number of nitrogens with one attached hydrogen (secondary N) is 1. The van der Waals surface area contributed by atoms with E-state index in [2.05, 4.69) is 10.3 Å². The Bertz CT molecular complexity index is 410. The minimum Gasteiger partial charge on any atom is -0.392 e. The molecule has 0 spiro atoms. The summed E-state index contributed by atoms with van der Waals surface area (Å²) in [6.07, 6.45) is -5.03. The average Bonchev–Trinajstić information content (AvgIpc) is 2.27. The summed E-state index contributed by atoms with van der Waals surface area (Å²) in [7, 11) is 1.51. The van der Waals surface area contributed by atoms with Crippen LogP contribution in [-0.4, -0.2) is 28.5 Å². The van der Waals surface area contributed by atoms with Crippen molar-refractivity contribution in [2.75, 3.05) is 12.4 Å². The van der Waals surface area contributed by atoms with E-state index in [0.717, 1.165) is 23.9 Å². The van der Waals surface area contributed by atoms with E-state index in [0.29, 0.717) is 0 Å². The van der Waals surface area contributed by atoms with Gasteiger partial charge in [-0.05, 0) is 19.1 Å². The molecule has 0 bridgehead atoms. The number of nitrogens with zero attached hydrogens (tertiary/aromatic N) is 1. The van der Waals surface area contributed by atoms with Crippen LogP contribution in [0.5, 0.6) is 0 Å². The fraction of sp³-hybridized carbons (Fsp3) is 0.545. The molecule has 2 atom stereocenters. The predicted molar refractivity (Wildman–Crippen MR) is 65.8 cm³/mol. The first-order valence-electron chi connectivity index (χ1n) is 5.35. The molecule has 2 unspecified atom stereocenters. The molecular weight excluding hydrogens is 265 g/mol. The molecule has 0 saturated heterocycles. The van der Waals surface area contributed by atoms with Crippen molar-refractivity contribution in [3.05, 3.63) is 17.7 Å². The van der Waals surface area contributed by atoms with Crippen molar-refractivity contribution in [1.29, 1.82) is 0 Å². The lowest BCUT2D eigenvalue weighted by Crippen LogP contribution is -2.15. The normalized spacial score (nSPS) is 15.3. The van der Waals surface area contributed by atoms with Crippen LogP contribution in [0.2, 0.25) is 0 Å². The zero-order valence-electron chi connectivity index (χ0n) is 10.2. The van der Waals surface area contributed by atoms with E-state index >= 15 is 0 Å². The Morgan fingerprint density at radius 3 is 2.39 bits per heavy atom. The van der Waals surface area contributed by atoms with Crippen molar-refractivity contribution in [2.45, 2.75) is 36.4 Å². The first kappa shape index (κ1) is 15.1. The van der Waals surface area contributed by atoms with Crippen molar-refractivity contribution >= 4 is 17.6 Å². The number of halogens is 3. The molecule has 3 nitrogen and oxygen atoms in total. The second kappa shape index (κ2) is 5.79. The molecule has 1 aromatic heterocycles. The van der Waals surface area contributed by atoms with Crippen molar-refractivity contribution in [1.82, 2.24) is 4.98 Å². The molecule has 1 rings (SSSR count). The van der Waals surface area contributed by atoms with Crippen LogP contribution in [0.4, 0.5) is 19.0 Å². The largest absolute Gasteiger partial charge is 0.416 e. The number of aliphatic hydroxyl groups excluding tert-OH is 1. The fourth-order valence-corrected chi connectivity index (χ4v) is 2.07. The first-order valence-corrected chi connectivity index (χ1v) is 6.23. The Kier molecular flexibility index (Phi) is 4.86. The monoisotopic (exact) mass is 280 g/mol. The lowest BCUT2D eigenvalue weighted by molar-refractivity contribution is -0.137. The van der Waals surface area contributed by atoms with Gasteiger partial charge in [-0.1, -0.05) is 6.92 Å². The number of thioether (sulfide) groups is 1. The maximum absolute atomic E-state index is 12.7. The van der Waals surface area contributed by atoms with Crippen LogP contribution >= 0.6 is 11.8 Å². The highest BCUT2D eigenvalue weighted by atomic mass is 32.2. The summed E-state index contributed by atoms with van der Waals surface area (Å²) in [6, 6.07) is 1.95. The summed E-state index contributed by atoms with van der Waals surface area (Å²) in [4.78, 5) is 4.03. The maximum atomic E-state index is 12.7. The highest BCUT2D eigenvalue weighted by molar-refractivity contribution is 7.99. The zero-order chi connectivity index (χ0) is 13.9. The van der Waals surface area contributed by atoms with Crippen LogP contribution in [0.3, 0.4) is 0 Å². The van der Waals surface area contributed by atoms with Crippen LogP contribution in [-0.2, 0) is 6.18 Å². The van der Waals surface area contributed by atoms with Gasteiger partial charge in [-0.25, -0.2) is 4.98 Å². The van der Waals surface area contributed by atoms with Gasteiger partial charge in [0.2, 0.25) is 0 Å². The van der Waals surface area contributed by atoms with Crippen LogP contribution in [0, 0.1) is 0 Å². The van der Waals surface area contributed by atoms with Gasteiger partial charge in [-0.15, -0.1) is 11.8 Å². The summed E-state index contributed by atoms with van der Waals surface area (Å²) in [5, 5.41) is 12.0. The molecule has 0 saturated carbocycles. The van der Waals surface area contributed by atoms with E-state index in [1.165, 1.54) is 7.05 Å². The summed E-state index contributed by atoms with van der Waals surface area (Å²) < 4.78 is 38.0. The third-order valence-corrected chi connectivity index (χ3v) is 3.59. The van der Waals surface area contributed by atoms with Gasteiger partial charge in [-0.3, -0.25) is 0 Å². The van der Waals surface area contributed by atoms with Gasteiger partial charge in [0.1, 0.15) is 5.82 Å². The molecule has 102 valence electrons. The number of alkyl halides is 3. The second-order valence-corrected chi connectivity index (χ2v) is 5.29. The van der Waals surface area contributed by atoms with E-state index in [-0.39, 0.29) is 16.1 Å². The van der Waals surface area contributed by atoms with Crippen molar-refractivity contribution in [3.63, 3.8) is 0 Å². The van der Waals surface area contributed by atoms with E-state index in [9.17, 15) is 18.3 Å². The molecular formula is C11H15F3N2OS. The molecule has 0 aromatic carbocycles. The number of aromatic nitrogens is 1. The van der Waals surface area contributed by atoms with Gasteiger partial charge in [0.05, 0.1) is 16.7 Å². The van der Waals surface area contributed by atoms with Crippen molar-refractivity contribution in [3.8, 4) is 0 Å². The highest BCUT2D eigenvalue weighted by Crippen LogP contribution is 2.34. The van der Waals surface area contributed by atoms with Gasteiger partial charge in [0.25, 0.3) is 0 Å². The lowest BCUT2D eigenvalue weighted by atomic mass is 10.2. The SMILES string of the molecule is CNc1cc(C(F)(F)F)cc(SC(C)C(C)O)n1. The lowest BCUT2D eigenvalue weighted by Gasteiger charge is -2.15. The maximum Gasteiger partial charge on any atom is 0.416 e. The van der Waals surface area contributed by atoms with E-state index < -0.39 is 17.8 Å². The van der Waals surface area contributed by atoms with E-state index in [1.807, 2.05) is 0 Å². The number of pyridine rings is 1. The molecule has 0 aliphatic heterocycles. The summed E-state index contributed by atoms with van der Waals surface area (Å²) >= 11 is 1.11. The molecule has 7 heteroatoms. The Morgan fingerprint density at radius 1 is 1.33 bits per heavy atom. The van der Waals surface area contributed by atoms with Gasteiger partial charge in [-0.2, -0.15) is 13.2 Å². The van der Waals surface area contributed by atoms with Crippen LogP contribution in [0.1, 0.15) is 19.4 Å². The van der Waals surface area contributed by atoms with Crippen LogP contribution in [0.15, 0.2) is 17.2 Å². The Hall–Kier alpha value is -0.950. The predicted octanol–water partition coefficient (Wildman–Crippen LogP) is 3.00. The summed E-state index contributed by atoms with van der Waals surface area (Å²) in [6.45, 7) is 3.32. The van der Waals surface area contributed by atoms with Gasteiger partial charge >= 0.3 is 6.18 Å². The molecule has 1 aromatic rings. The molecule has 2 N–H and O–H groups in total. The molecule has 18 heavy (non-hydrogen) atoms. The average molecular weight is 280 g/mol. The van der Waals surface area contributed by atoms with Gasteiger partial charge < -0.3 is 10.4 Å². The minimum absolute atomic E-state index is 0.158. The quantitative estimate of drug-likeness (QED) is 0.832. The number of anilines is 1. The second-order valence-electron chi connectivity index (χ2n) is 3.89. The van der Waals surface area contributed by atoms with E-state index in [4.69, 9.17) is 0 Å². The number of rotatable bonds is 4. The molecule has 0 radical (unpaired) electrons. The standard InChI is InChI=1S/C11H15F3N2OS/c1-6(17)7(2)18-10-5-8(11(12,13)14)4-9(15-3)16-10/h4-7,17H,1-3H3,(H,15,16). The molecule has 0 fully saturated rings. The smallest absolute Gasteiger partial charge is 0.392 e. The third kappa shape index (κ3) is 4.06. The number of aliphatic hydroxyl groups is 1. The number of hydrogen-bond acceptors (Lipinski definition) is 4. The molecule has 0 amide bonds. The number of hydrogen-bond donors (Lipinski definition) is 2.